The molecule has 0 atom stereocenters. The van der Waals surface area contributed by atoms with Crippen LogP contribution in [0.15, 0.2) is 54.7 Å². The predicted molar refractivity (Wildman–Crippen MR) is 89.5 cm³/mol. The lowest BCUT2D eigenvalue weighted by Gasteiger charge is -2.08. The van der Waals surface area contributed by atoms with Gasteiger partial charge in [0.05, 0.1) is 0 Å². The molecule has 0 aliphatic rings. The largest absolute Gasteiger partial charge is 0.339 e. The lowest BCUT2D eigenvalue weighted by Crippen LogP contribution is -1.92. The van der Waals surface area contributed by atoms with Crippen molar-refractivity contribution in [1.29, 1.82) is 0 Å². The standard InChI is InChI=1S/C18H17ClN2/c1-12(2)9-16(13-5-3-7-15(19)10-13)17-11-14-6-4-8-20-18(14)21-17/h3-12H,1-2H3,(H,20,21)/b16-9+. The maximum atomic E-state index is 6.14. The van der Waals surface area contributed by atoms with Gasteiger partial charge in [-0.25, -0.2) is 4.98 Å². The first-order valence-corrected chi connectivity index (χ1v) is 7.43. The summed E-state index contributed by atoms with van der Waals surface area (Å²) in [4.78, 5) is 7.76. The van der Waals surface area contributed by atoms with E-state index in [1.165, 1.54) is 0 Å². The van der Waals surface area contributed by atoms with Gasteiger partial charge >= 0.3 is 0 Å². The highest BCUT2D eigenvalue weighted by molar-refractivity contribution is 6.30. The van der Waals surface area contributed by atoms with Crippen LogP contribution in [-0.2, 0) is 0 Å². The van der Waals surface area contributed by atoms with Crippen LogP contribution in [0.2, 0.25) is 5.02 Å². The van der Waals surface area contributed by atoms with Crippen LogP contribution in [0, 0.1) is 5.92 Å². The van der Waals surface area contributed by atoms with Crippen LogP contribution in [0.25, 0.3) is 16.6 Å². The lowest BCUT2D eigenvalue weighted by atomic mass is 9.99. The average Bonchev–Trinajstić information content (AvgIpc) is 2.88. The maximum absolute atomic E-state index is 6.14. The van der Waals surface area contributed by atoms with Crippen LogP contribution in [0.4, 0.5) is 0 Å². The molecular weight excluding hydrogens is 280 g/mol. The molecule has 2 nitrogen and oxygen atoms in total. The van der Waals surface area contributed by atoms with Gasteiger partial charge < -0.3 is 4.98 Å². The number of hydrogen-bond acceptors (Lipinski definition) is 1. The predicted octanol–water partition coefficient (Wildman–Crippen LogP) is 5.30. The molecule has 0 saturated heterocycles. The molecule has 3 rings (SSSR count). The molecule has 2 aromatic heterocycles. The summed E-state index contributed by atoms with van der Waals surface area (Å²) in [7, 11) is 0. The summed E-state index contributed by atoms with van der Waals surface area (Å²) in [6.07, 6.45) is 4.05. The second-order valence-corrected chi connectivity index (χ2v) is 5.90. The van der Waals surface area contributed by atoms with E-state index in [2.05, 4.69) is 48.1 Å². The van der Waals surface area contributed by atoms with Gasteiger partial charge in [-0.15, -0.1) is 0 Å². The van der Waals surface area contributed by atoms with E-state index in [-0.39, 0.29) is 0 Å². The van der Waals surface area contributed by atoms with Crippen molar-refractivity contribution in [3.05, 3.63) is 71.0 Å². The van der Waals surface area contributed by atoms with Crippen LogP contribution in [0.1, 0.15) is 25.1 Å². The fourth-order valence-electron chi connectivity index (χ4n) is 2.43. The molecule has 0 aliphatic carbocycles. The van der Waals surface area contributed by atoms with E-state index in [0.29, 0.717) is 5.92 Å². The number of aromatic nitrogens is 2. The van der Waals surface area contributed by atoms with Crippen molar-refractivity contribution in [2.45, 2.75) is 13.8 Å². The van der Waals surface area contributed by atoms with E-state index in [1.54, 1.807) is 6.20 Å². The normalized spacial score (nSPS) is 12.3. The van der Waals surface area contributed by atoms with Crippen LogP contribution in [0.3, 0.4) is 0 Å². The smallest absolute Gasteiger partial charge is 0.137 e. The third-order valence-corrected chi connectivity index (χ3v) is 3.55. The molecule has 0 spiro atoms. The summed E-state index contributed by atoms with van der Waals surface area (Å²) in [5.74, 6) is 0.443. The van der Waals surface area contributed by atoms with Gasteiger partial charge in [0.1, 0.15) is 5.65 Å². The van der Waals surface area contributed by atoms with Crippen molar-refractivity contribution in [1.82, 2.24) is 9.97 Å². The fourth-order valence-corrected chi connectivity index (χ4v) is 2.62. The van der Waals surface area contributed by atoms with Gasteiger partial charge in [0, 0.05) is 27.9 Å². The zero-order valence-corrected chi connectivity index (χ0v) is 12.9. The Kier molecular flexibility index (Phi) is 3.80. The molecule has 0 amide bonds. The molecule has 3 heteroatoms. The van der Waals surface area contributed by atoms with Crippen molar-refractivity contribution in [3.8, 4) is 0 Å². The summed E-state index contributed by atoms with van der Waals surface area (Å²) in [5.41, 5.74) is 4.25. The Morgan fingerprint density at radius 1 is 1.19 bits per heavy atom. The molecule has 3 aromatic rings. The minimum atomic E-state index is 0.443. The molecule has 0 unspecified atom stereocenters. The van der Waals surface area contributed by atoms with Gasteiger partial charge in [-0.2, -0.15) is 0 Å². The van der Waals surface area contributed by atoms with Crippen molar-refractivity contribution in [2.24, 2.45) is 5.92 Å². The Labute approximate surface area is 129 Å². The molecule has 0 bridgehead atoms. The van der Waals surface area contributed by atoms with E-state index in [4.69, 9.17) is 11.6 Å². The topological polar surface area (TPSA) is 28.7 Å². The van der Waals surface area contributed by atoms with E-state index in [9.17, 15) is 0 Å². The first kappa shape index (κ1) is 13.9. The number of hydrogen-bond donors (Lipinski definition) is 1. The zero-order chi connectivity index (χ0) is 14.8. The number of nitrogens with zero attached hydrogens (tertiary/aromatic N) is 1. The van der Waals surface area contributed by atoms with Crippen LogP contribution >= 0.6 is 11.6 Å². The average molecular weight is 297 g/mol. The quantitative estimate of drug-likeness (QED) is 0.697. The summed E-state index contributed by atoms with van der Waals surface area (Å²) < 4.78 is 0. The number of halogens is 1. The first-order chi connectivity index (χ1) is 10.1. The highest BCUT2D eigenvalue weighted by atomic mass is 35.5. The number of aromatic amines is 1. The number of fused-ring (bicyclic) bond motifs is 1. The number of nitrogens with one attached hydrogen (secondary N) is 1. The highest BCUT2D eigenvalue weighted by Crippen LogP contribution is 2.28. The molecule has 0 radical (unpaired) electrons. The number of allylic oxidation sites excluding steroid dienone is 1. The SMILES string of the molecule is CC(C)/C=C(\c1cccc(Cl)c1)c1cc2cccnc2[nH]1. The number of pyridine rings is 1. The number of H-pyrrole nitrogens is 1. The first-order valence-electron chi connectivity index (χ1n) is 7.05. The maximum Gasteiger partial charge on any atom is 0.137 e. The van der Waals surface area contributed by atoms with E-state index in [0.717, 1.165) is 32.9 Å². The van der Waals surface area contributed by atoms with E-state index >= 15 is 0 Å². The van der Waals surface area contributed by atoms with Crippen molar-refractivity contribution in [2.75, 3.05) is 0 Å². The molecule has 0 saturated carbocycles. The molecule has 0 aliphatic heterocycles. The molecule has 106 valence electrons. The zero-order valence-electron chi connectivity index (χ0n) is 12.1. The van der Waals surface area contributed by atoms with Crippen molar-refractivity contribution >= 4 is 28.2 Å². The third-order valence-electron chi connectivity index (χ3n) is 3.32. The molecular formula is C18H17ClN2. The van der Waals surface area contributed by atoms with Crippen molar-refractivity contribution in [3.63, 3.8) is 0 Å². The molecule has 1 aromatic carbocycles. The minimum absolute atomic E-state index is 0.443. The van der Waals surface area contributed by atoms with Crippen molar-refractivity contribution < 1.29 is 0 Å². The van der Waals surface area contributed by atoms with Crippen LogP contribution in [-0.4, -0.2) is 9.97 Å². The summed E-state index contributed by atoms with van der Waals surface area (Å²) >= 11 is 6.14. The van der Waals surface area contributed by atoms with Gasteiger partial charge in [0.15, 0.2) is 0 Å². The second kappa shape index (κ2) is 5.74. The van der Waals surface area contributed by atoms with Gasteiger partial charge in [0.2, 0.25) is 0 Å². The van der Waals surface area contributed by atoms with Gasteiger partial charge in [-0.05, 0) is 41.8 Å². The van der Waals surface area contributed by atoms with Gasteiger partial charge in [-0.1, -0.05) is 43.7 Å². The van der Waals surface area contributed by atoms with Gasteiger partial charge in [0.25, 0.3) is 0 Å². The van der Waals surface area contributed by atoms with E-state index < -0.39 is 0 Å². The summed E-state index contributed by atoms with van der Waals surface area (Å²) in [6.45, 7) is 4.34. The fraction of sp³-hybridized carbons (Fsp3) is 0.167. The highest BCUT2D eigenvalue weighted by Gasteiger charge is 2.10. The Morgan fingerprint density at radius 2 is 2.05 bits per heavy atom. The Hall–Kier alpha value is -2.06. The second-order valence-electron chi connectivity index (χ2n) is 5.46. The summed E-state index contributed by atoms with van der Waals surface area (Å²) in [6, 6.07) is 14.1. The van der Waals surface area contributed by atoms with Crippen LogP contribution < -0.4 is 0 Å². The molecule has 1 N–H and O–H groups in total. The van der Waals surface area contributed by atoms with Crippen LogP contribution in [0.5, 0.6) is 0 Å². The van der Waals surface area contributed by atoms with E-state index in [1.807, 2.05) is 24.3 Å². The lowest BCUT2D eigenvalue weighted by molar-refractivity contribution is 0.833. The monoisotopic (exact) mass is 296 g/mol. The Bertz CT molecular complexity index is 767. The molecule has 0 fully saturated rings. The number of benzene rings is 1. The third kappa shape index (κ3) is 3.01. The van der Waals surface area contributed by atoms with Gasteiger partial charge in [-0.3, -0.25) is 0 Å². The Balaban J connectivity index is 2.16. The summed E-state index contributed by atoms with van der Waals surface area (Å²) in [5, 5.41) is 1.86. The Morgan fingerprint density at radius 3 is 2.76 bits per heavy atom. The molecule has 2 heterocycles. The number of rotatable bonds is 3. The minimum Gasteiger partial charge on any atom is -0.339 e. The molecule has 21 heavy (non-hydrogen) atoms.